The molecule has 0 radical (unpaired) electrons. The van der Waals surface area contributed by atoms with Gasteiger partial charge in [0.25, 0.3) is 5.56 Å². The van der Waals surface area contributed by atoms with Crippen LogP contribution < -0.4 is 16.2 Å². The van der Waals surface area contributed by atoms with Crippen molar-refractivity contribution in [2.75, 3.05) is 7.05 Å². The lowest BCUT2D eigenvalue weighted by Crippen LogP contribution is -2.34. The molecule has 1 heterocycles. The molecule has 30 heavy (non-hydrogen) atoms. The molecular weight excluding hydrogens is 380 g/mol. The molecule has 3 aromatic rings. The van der Waals surface area contributed by atoms with Gasteiger partial charge in [-0.3, -0.25) is 19.0 Å². The number of aromatic nitrogens is 2. The molecule has 2 amide bonds. The lowest BCUT2D eigenvalue weighted by molar-refractivity contribution is -0.122. The van der Waals surface area contributed by atoms with Gasteiger partial charge in [-0.05, 0) is 42.7 Å². The predicted molar refractivity (Wildman–Crippen MR) is 116 cm³/mol. The third kappa shape index (κ3) is 4.92. The van der Waals surface area contributed by atoms with Crippen molar-refractivity contribution >= 4 is 22.8 Å². The molecule has 0 atom stereocenters. The molecule has 0 saturated carbocycles. The number of carbonyl (C=O) groups is 2. The van der Waals surface area contributed by atoms with Gasteiger partial charge in [0.15, 0.2) is 0 Å². The maximum Gasteiger partial charge on any atom is 0.273 e. The number of amides is 2. The smallest absolute Gasteiger partial charge is 0.273 e. The molecule has 0 bridgehead atoms. The highest BCUT2D eigenvalue weighted by molar-refractivity contribution is 5.80. The molecule has 0 unspecified atom stereocenters. The van der Waals surface area contributed by atoms with Crippen molar-refractivity contribution in [3.63, 3.8) is 0 Å². The molecule has 0 aliphatic carbocycles. The zero-order chi connectivity index (χ0) is 21.7. The number of rotatable bonds is 7. The van der Waals surface area contributed by atoms with Crippen LogP contribution >= 0.6 is 0 Å². The Morgan fingerprint density at radius 3 is 2.53 bits per heavy atom. The second-order valence-corrected chi connectivity index (χ2v) is 7.31. The standard InChI is InChI=1S/C23H26N4O3/c1-15-8-9-17(12-16(15)2)13-25-22(29)14-27-20-7-5-4-6-18(20)26-19(23(27)30)10-11-21(28)24-3/h4-9,12H,10-11,13-14H2,1-3H3,(H,24,28)(H,25,29). The molecule has 7 nitrogen and oxygen atoms in total. The van der Waals surface area contributed by atoms with Crippen LogP contribution in [0.2, 0.25) is 0 Å². The van der Waals surface area contributed by atoms with Gasteiger partial charge in [-0.2, -0.15) is 0 Å². The Bertz CT molecular complexity index is 1150. The summed E-state index contributed by atoms with van der Waals surface area (Å²) in [7, 11) is 1.55. The Morgan fingerprint density at radius 1 is 1.03 bits per heavy atom. The fraction of sp³-hybridized carbons (Fsp3) is 0.304. The van der Waals surface area contributed by atoms with E-state index in [1.165, 1.54) is 15.7 Å². The van der Waals surface area contributed by atoms with E-state index in [1.807, 2.05) is 38.1 Å². The Balaban J connectivity index is 1.81. The minimum absolute atomic E-state index is 0.111. The van der Waals surface area contributed by atoms with Crippen LogP contribution in [0.4, 0.5) is 0 Å². The maximum absolute atomic E-state index is 13.0. The molecule has 2 N–H and O–H groups in total. The van der Waals surface area contributed by atoms with E-state index in [1.54, 1.807) is 25.2 Å². The second-order valence-electron chi connectivity index (χ2n) is 7.31. The summed E-state index contributed by atoms with van der Waals surface area (Å²) in [4.78, 5) is 41.6. The van der Waals surface area contributed by atoms with Crippen molar-refractivity contribution in [1.82, 2.24) is 20.2 Å². The third-order valence-electron chi connectivity index (χ3n) is 5.15. The topological polar surface area (TPSA) is 93.1 Å². The lowest BCUT2D eigenvalue weighted by Gasteiger charge is -2.13. The Morgan fingerprint density at radius 2 is 1.80 bits per heavy atom. The quantitative estimate of drug-likeness (QED) is 0.628. The first-order chi connectivity index (χ1) is 14.4. The van der Waals surface area contributed by atoms with E-state index in [0.717, 1.165) is 5.56 Å². The van der Waals surface area contributed by atoms with Gasteiger partial charge in [-0.15, -0.1) is 0 Å². The maximum atomic E-state index is 13.0. The van der Waals surface area contributed by atoms with Crippen LogP contribution in [0.1, 0.15) is 28.8 Å². The number of para-hydroxylation sites is 2. The van der Waals surface area contributed by atoms with Crippen molar-refractivity contribution in [3.05, 3.63) is 75.2 Å². The van der Waals surface area contributed by atoms with Crippen LogP contribution in [-0.4, -0.2) is 28.4 Å². The Labute approximate surface area is 175 Å². The van der Waals surface area contributed by atoms with E-state index in [2.05, 4.69) is 15.6 Å². The first kappa shape index (κ1) is 21.2. The SMILES string of the molecule is CNC(=O)CCc1nc2ccccc2n(CC(=O)NCc2ccc(C)c(C)c2)c1=O. The molecule has 0 aliphatic heterocycles. The molecule has 156 valence electrons. The number of nitrogens with zero attached hydrogens (tertiary/aromatic N) is 2. The Kier molecular flexibility index (Phi) is 6.61. The van der Waals surface area contributed by atoms with Crippen molar-refractivity contribution < 1.29 is 9.59 Å². The van der Waals surface area contributed by atoms with Gasteiger partial charge in [0, 0.05) is 26.4 Å². The Hall–Kier alpha value is -3.48. The van der Waals surface area contributed by atoms with Gasteiger partial charge in [0.1, 0.15) is 12.2 Å². The van der Waals surface area contributed by atoms with Gasteiger partial charge < -0.3 is 10.6 Å². The summed E-state index contributed by atoms with van der Waals surface area (Å²) in [5.74, 6) is -0.425. The summed E-state index contributed by atoms with van der Waals surface area (Å²) < 4.78 is 1.43. The third-order valence-corrected chi connectivity index (χ3v) is 5.15. The summed E-state index contributed by atoms with van der Waals surface area (Å²) >= 11 is 0. The summed E-state index contributed by atoms with van der Waals surface area (Å²) in [6.45, 7) is 4.35. The van der Waals surface area contributed by atoms with E-state index in [0.29, 0.717) is 17.6 Å². The van der Waals surface area contributed by atoms with Crippen LogP contribution in [0.3, 0.4) is 0 Å². The van der Waals surface area contributed by atoms with Crippen molar-refractivity contribution in [3.8, 4) is 0 Å². The van der Waals surface area contributed by atoms with E-state index >= 15 is 0 Å². The molecule has 2 aromatic carbocycles. The zero-order valence-electron chi connectivity index (χ0n) is 17.5. The average molecular weight is 406 g/mol. The predicted octanol–water partition coefficient (Wildman–Crippen LogP) is 2.01. The highest BCUT2D eigenvalue weighted by atomic mass is 16.2. The zero-order valence-corrected chi connectivity index (χ0v) is 17.5. The highest BCUT2D eigenvalue weighted by Crippen LogP contribution is 2.12. The van der Waals surface area contributed by atoms with Crippen molar-refractivity contribution in [2.45, 2.75) is 39.8 Å². The number of hydrogen-bond donors (Lipinski definition) is 2. The van der Waals surface area contributed by atoms with Crippen LogP contribution in [0, 0.1) is 13.8 Å². The van der Waals surface area contributed by atoms with E-state index < -0.39 is 0 Å². The number of nitrogens with one attached hydrogen (secondary N) is 2. The number of aryl methyl sites for hydroxylation is 3. The molecule has 1 aromatic heterocycles. The van der Waals surface area contributed by atoms with Gasteiger partial charge in [-0.25, -0.2) is 4.98 Å². The molecule has 3 rings (SSSR count). The number of hydrogen-bond acceptors (Lipinski definition) is 4. The fourth-order valence-electron chi connectivity index (χ4n) is 3.24. The number of fused-ring (bicyclic) bond motifs is 1. The molecular formula is C23H26N4O3. The van der Waals surface area contributed by atoms with E-state index in [9.17, 15) is 14.4 Å². The molecule has 0 fully saturated rings. The number of benzene rings is 2. The first-order valence-corrected chi connectivity index (χ1v) is 9.91. The normalized spacial score (nSPS) is 10.8. The monoisotopic (exact) mass is 406 g/mol. The second kappa shape index (κ2) is 9.35. The molecule has 0 saturated heterocycles. The number of carbonyl (C=O) groups excluding carboxylic acids is 2. The van der Waals surface area contributed by atoms with Crippen LogP contribution in [0.5, 0.6) is 0 Å². The summed E-state index contributed by atoms with van der Waals surface area (Å²) in [6, 6.07) is 13.2. The van der Waals surface area contributed by atoms with Crippen LogP contribution in [-0.2, 0) is 29.1 Å². The molecule has 0 aliphatic rings. The largest absolute Gasteiger partial charge is 0.359 e. The molecule has 7 heteroatoms. The van der Waals surface area contributed by atoms with Gasteiger partial charge in [0.05, 0.1) is 11.0 Å². The first-order valence-electron chi connectivity index (χ1n) is 9.91. The van der Waals surface area contributed by atoms with Gasteiger partial charge in [0.2, 0.25) is 11.8 Å². The fourth-order valence-corrected chi connectivity index (χ4v) is 3.24. The van der Waals surface area contributed by atoms with Crippen molar-refractivity contribution in [1.29, 1.82) is 0 Å². The van der Waals surface area contributed by atoms with Crippen LogP contribution in [0.25, 0.3) is 11.0 Å². The lowest BCUT2D eigenvalue weighted by atomic mass is 10.1. The van der Waals surface area contributed by atoms with Crippen molar-refractivity contribution in [2.24, 2.45) is 0 Å². The van der Waals surface area contributed by atoms with E-state index in [-0.39, 0.29) is 42.5 Å². The van der Waals surface area contributed by atoms with E-state index in [4.69, 9.17) is 0 Å². The van der Waals surface area contributed by atoms with Gasteiger partial charge in [-0.1, -0.05) is 30.3 Å². The summed E-state index contributed by atoms with van der Waals surface area (Å²) in [5.41, 5.74) is 4.50. The minimum atomic E-state index is -0.348. The molecule has 0 spiro atoms. The van der Waals surface area contributed by atoms with Gasteiger partial charge >= 0.3 is 0 Å². The highest BCUT2D eigenvalue weighted by Gasteiger charge is 2.14. The summed E-state index contributed by atoms with van der Waals surface area (Å²) in [6.07, 6.45) is 0.379. The summed E-state index contributed by atoms with van der Waals surface area (Å²) in [5, 5.41) is 5.42. The van der Waals surface area contributed by atoms with Crippen LogP contribution in [0.15, 0.2) is 47.3 Å². The average Bonchev–Trinajstić information content (AvgIpc) is 2.75. The minimum Gasteiger partial charge on any atom is -0.359 e.